The van der Waals surface area contributed by atoms with E-state index in [1.807, 2.05) is 0 Å². The normalized spacial score (nSPS) is 47.7. The van der Waals surface area contributed by atoms with E-state index in [-0.39, 0.29) is 11.4 Å². The number of esters is 1. The van der Waals surface area contributed by atoms with Crippen LogP contribution < -0.4 is 5.32 Å². The summed E-state index contributed by atoms with van der Waals surface area (Å²) in [5.74, 6) is -0.0129. The molecule has 3 saturated carbocycles. The molecule has 0 amide bonds. The lowest BCUT2D eigenvalue weighted by Gasteiger charge is -2.71. The van der Waals surface area contributed by atoms with Crippen LogP contribution in [-0.4, -0.2) is 38.9 Å². The fourth-order valence-corrected chi connectivity index (χ4v) is 3.63. The second-order valence-electron chi connectivity index (χ2n) is 5.25. The van der Waals surface area contributed by atoms with Crippen molar-refractivity contribution in [3.63, 3.8) is 0 Å². The first-order valence-electron chi connectivity index (χ1n) is 5.60. The van der Waals surface area contributed by atoms with E-state index in [4.69, 9.17) is 9.47 Å². The fourth-order valence-electron chi connectivity index (χ4n) is 3.63. The number of hydrogen-bond acceptors (Lipinski definition) is 4. The van der Waals surface area contributed by atoms with Gasteiger partial charge >= 0.3 is 5.97 Å². The molecule has 4 fully saturated rings. The van der Waals surface area contributed by atoms with Crippen molar-refractivity contribution >= 4 is 5.97 Å². The molecule has 3 aliphatic carbocycles. The van der Waals surface area contributed by atoms with Crippen molar-refractivity contribution < 1.29 is 14.3 Å². The molecule has 4 rings (SSSR count). The number of rotatable bonds is 2. The molecule has 1 unspecified atom stereocenters. The van der Waals surface area contributed by atoms with Gasteiger partial charge in [0.1, 0.15) is 0 Å². The Balaban J connectivity index is 1.62. The average molecular weight is 211 g/mol. The summed E-state index contributed by atoms with van der Waals surface area (Å²) in [4.78, 5) is 11.5. The molecule has 2 bridgehead atoms. The molecule has 0 spiro atoms. The Labute approximate surface area is 89.3 Å². The molecule has 1 heterocycles. The molecule has 1 aliphatic heterocycles. The van der Waals surface area contributed by atoms with Gasteiger partial charge in [0.15, 0.2) is 0 Å². The predicted molar refractivity (Wildman–Crippen MR) is 53.3 cm³/mol. The zero-order valence-corrected chi connectivity index (χ0v) is 9.04. The van der Waals surface area contributed by atoms with Crippen LogP contribution in [0.3, 0.4) is 0 Å². The SMILES string of the molecule is COC(=O)C12CC(C3COCCN3)(C1)C2. The van der Waals surface area contributed by atoms with Crippen LogP contribution in [0, 0.1) is 10.8 Å². The molecule has 15 heavy (non-hydrogen) atoms. The van der Waals surface area contributed by atoms with Gasteiger partial charge in [-0.15, -0.1) is 0 Å². The molecule has 0 aromatic heterocycles. The summed E-state index contributed by atoms with van der Waals surface area (Å²) in [6.45, 7) is 2.56. The van der Waals surface area contributed by atoms with Crippen LogP contribution in [0.15, 0.2) is 0 Å². The van der Waals surface area contributed by atoms with E-state index in [0.29, 0.717) is 11.5 Å². The minimum Gasteiger partial charge on any atom is -0.469 e. The van der Waals surface area contributed by atoms with Crippen LogP contribution in [0.2, 0.25) is 0 Å². The van der Waals surface area contributed by atoms with E-state index in [1.165, 1.54) is 7.11 Å². The molecule has 84 valence electrons. The molecule has 0 radical (unpaired) electrons. The van der Waals surface area contributed by atoms with Gasteiger partial charge in [0, 0.05) is 12.6 Å². The Morgan fingerprint density at radius 1 is 1.47 bits per heavy atom. The molecule has 0 aromatic rings. The van der Waals surface area contributed by atoms with Gasteiger partial charge in [0.2, 0.25) is 0 Å². The quantitative estimate of drug-likeness (QED) is 0.668. The topological polar surface area (TPSA) is 47.6 Å². The minimum absolute atomic E-state index is 0.0129. The van der Waals surface area contributed by atoms with E-state index < -0.39 is 0 Å². The number of morpholine rings is 1. The lowest BCUT2D eigenvalue weighted by molar-refractivity contribution is -0.242. The highest BCUT2D eigenvalue weighted by atomic mass is 16.5. The Hall–Kier alpha value is -0.610. The first-order chi connectivity index (χ1) is 7.21. The number of ether oxygens (including phenoxy) is 2. The van der Waals surface area contributed by atoms with Gasteiger partial charge in [-0.2, -0.15) is 0 Å². The molecule has 1 N–H and O–H groups in total. The highest BCUT2D eigenvalue weighted by molar-refractivity contribution is 5.81. The summed E-state index contributed by atoms with van der Waals surface area (Å²) >= 11 is 0. The maximum atomic E-state index is 11.5. The zero-order chi connectivity index (χ0) is 10.5. The van der Waals surface area contributed by atoms with E-state index in [2.05, 4.69) is 5.32 Å². The Bertz CT molecular complexity index is 276. The number of hydrogen-bond donors (Lipinski definition) is 1. The van der Waals surface area contributed by atoms with Gasteiger partial charge in [-0.1, -0.05) is 0 Å². The van der Waals surface area contributed by atoms with Crippen LogP contribution in [0.25, 0.3) is 0 Å². The third-order valence-electron chi connectivity index (χ3n) is 4.35. The first kappa shape index (κ1) is 9.60. The van der Waals surface area contributed by atoms with Crippen molar-refractivity contribution in [2.45, 2.75) is 25.3 Å². The molecule has 1 saturated heterocycles. The third kappa shape index (κ3) is 1.12. The first-order valence-corrected chi connectivity index (χ1v) is 5.60. The lowest BCUT2D eigenvalue weighted by Crippen LogP contribution is -2.73. The molecule has 4 nitrogen and oxygen atoms in total. The molecule has 4 heteroatoms. The van der Waals surface area contributed by atoms with Crippen LogP contribution in [0.4, 0.5) is 0 Å². The van der Waals surface area contributed by atoms with Gasteiger partial charge in [-0.25, -0.2) is 0 Å². The summed E-state index contributed by atoms with van der Waals surface area (Å²) in [5, 5.41) is 3.50. The molecule has 1 atom stereocenters. The lowest BCUT2D eigenvalue weighted by atomic mass is 9.33. The number of methoxy groups -OCH3 is 1. The number of nitrogens with one attached hydrogen (secondary N) is 1. The van der Waals surface area contributed by atoms with Crippen LogP contribution >= 0.6 is 0 Å². The number of carbonyl (C=O) groups excluding carboxylic acids is 1. The highest BCUT2D eigenvalue weighted by Crippen LogP contribution is 2.75. The molecule has 4 aliphatic rings. The average Bonchev–Trinajstić information content (AvgIpc) is 2.15. The smallest absolute Gasteiger partial charge is 0.311 e. The third-order valence-corrected chi connectivity index (χ3v) is 4.35. The standard InChI is InChI=1S/C11H17NO3/c1-14-9(13)11-5-10(6-11,7-11)8-4-15-3-2-12-8/h8,12H,2-7H2,1H3. The largest absolute Gasteiger partial charge is 0.469 e. The van der Waals surface area contributed by atoms with Crippen LogP contribution in [0.1, 0.15) is 19.3 Å². The van der Waals surface area contributed by atoms with E-state index in [1.54, 1.807) is 0 Å². The van der Waals surface area contributed by atoms with Crippen molar-refractivity contribution in [1.29, 1.82) is 0 Å². The minimum atomic E-state index is -0.117. The van der Waals surface area contributed by atoms with Crippen molar-refractivity contribution in [3.8, 4) is 0 Å². The van der Waals surface area contributed by atoms with E-state index >= 15 is 0 Å². The highest BCUT2D eigenvalue weighted by Gasteiger charge is 2.74. The van der Waals surface area contributed by atoms with E-state index in [9.17, 15) is 4.79 Å². The van der Waals surface area contributed by atoms with Gasteiger partial charge in [-0.3, -0.25) is 4.79 Å². The van der Waals surface area contributed by atoms with Crippen molar-refractivity contribution in [1.82, 2.24) is 5.32 Å². The summed E-state index contributed by atoms with van der Waals surface area (Å²) < 4.78 is 10.3. The van der Waals surface area contributed by atoms with Crippen LogP contribution in [-0.2, 0) is 14.3 Å². The monoisotopic (exact) mass is 211 g/mol. The van der Waals surface area contributed by atoms with Gasteiger partial charge in [0.05, 0.1) is 25.7 Å². The maximum Gasteiger partial charge on any atom is 0.311 e. The van der Waals surface area contributed by atoms with Gasteiger partial charge < -0.3 is 14.8 Å². The summed E-state index contributed by atoms with van der Waals surface area (Å²) in [5.41, 5.74) is 0.225. The molecular weight excluding hydrogens is 194 g/mol. The van der Waals surface area contributed by atoms with Crippen molar-refractivity contribution in [3.05, 3.63) is 0 Å². The second-order valence-corrected chi connectivity index (χ2v) is 5.25. The Morgan fingerprint density at radius 2 is 2.20 bits per heavy atom. The predicted octanol–water partition coefficient (Wildman–Crippen LogP) is 0.318. The molecule has 0 aromatic carbocycles. The van der Waals surface area contributed by atoms with Gasteiger partial charge in [-0.05, 0) is 24.7 Å². The molecular formula is C11H17NO3. The van der Waals surface area contributed by atoms with Crippen LogP contribution in [0.5, 0.6) is 0 Å². The summed E-state index contributed by atoms with van der Waals surface area (Å²) in [7, 11) is 1.48. The van der Waals surface area contributed by atoms with E-state index in [0.717, 1.165) is 39.0 Å². The second kappa shape index (κ2) is 2.95. The fraction of sp³-hybridized carbons (Fsp3) is 0.909. The zero-order valence-electron chi connectivity index (χ0n) is 9.04. The summed E-state index contributed by atoms with van der Waals surface area (Å²) in [6.07, 6.45) is 2.98. The number of carbonyl (C=O) groups is 1. The van der Waals surface area contributed by atoms with Crippen molar-refractivity contribution in [2.24, 2.45) is 10.8 Å². The maximum absolute atomic E-state index is 11.5. The summed E-state index contributed by atoms with van der Waals surface area (Å²) in [6, 6.07) is 0.456. The Morgan fingerprint density at radius 3 is 2.73 bits per heavy atom. The Kier molecular flexibility index (Phi) is 1.89. The van der Waals surface area contributed by atoms with Gasteiger partial charge in [0.25, 0.3) is 0 Å². The van der Waals surface area contributed by atoms with Crippen molar-refractivity contribution in [2.75, 3.05) is 26.9 Å².